The Morgan fingerprint density at radius 1 is 1.24 bits per heavy atom. The van der Waals surface area contributed by atoms with Gasteiger partial charge in [-0.2, -0.15) is 5.26 Å². The number of nitrogens with zero attached hydrogens (tertiary/aromatic N) is 1. The van der Waals surface area contributed by atoms with E-state index in [2.05, 4.69) is 11.4 Å². The summed E-state index contributed by atoms with van der Waals surface area (Å²) in [5, 5.41) is 12.4. The first-order valence-corrected chi connectivity index (χ1v) is 6.52. The van der Waals surface area contributed by atoms with Gasteiger partial charge in [-0.3, -0.25) is 0 Å². The van der Waals surface area contributed by atoms with Crippen LogP contribution in [0.5, 0.6) is 17.2 Å². The third-order valence-electron chi connectivity index (χ3n) is 3.30. The van der Waals surface area contributed by atoms with E-state index in [0.29, 0.717) is 23.5 Å². The number of benzene rings is 2. The number of rotatable bonds is 4. The lowest BCUT2D eigenvalue weighted by Crippen LogP contribution is -2.04. The van der Waals surface area contributed by atoms with Crippen molar-refractivity contribution in [1.82, 2.24) is 0 Å². The molecule has 0 amide bonds. The van der Waals surface area contributed by atoms with E-state index >= 15 is 0 Å². The summed E-state index contributed by atoms with van der Waals surface area (Å²) in [5.74, 6) is 2.13. The van der Waals surface area contributed by atoms with Crippen LogP contribution in [-0.2, 0) is 6.54 Å². The average Bonchev–Trinajstić information content (AvgIpc) is 3.01. The van der Waals surface area contributed by atoms with E-state index in [0.717, 1.165) is 17.1 Å². The molecule has 0 aromatic heterocycles. The normalized spacial score (nSPS) is 11.8. The molecule has 0 radical (unpaired) electrons. The van der Waals surface area contributed by atoms with Gasteiger partial charge in [0.1, 0.15) is 11.8 Å². The van der Waals surface area contributed by atoms with Crippen LogP contribution in [0.15, 0.2) is 36.4 Å². The predicted octanol–water partition coefficient (Wildman–Crippen LogP) is 2.91. The monoisotopic (exact) mass is 282 g/mol. The number of hydrogen-bond acceptors (Lipinski definition) is 5. The third-order valence-corrected chi connectivity index (χ3v) is 3.30. The lowest BCUT2D eigenvalue weighted by Gasteiger charge is -2.13. The van der Waals surface area contributed by atoms with Gasteiger partial charge in [-0.05, 0) is 18.2 Å². The highest BCUT2D eigenvalue weighted by molar-refractivity contribution is 5.66. The van der Waals surface area contributed by atoms with E-state index in [1.54, 1.807) is 19.2 Å². The zero-order valence-electron chi connectivity index (χ0n) is 11.6. The van der Waals surface area contributed by atoms with Crippen LogP contribution in [0.25, 0.3) is 0 Å². The summed E-state index contributed by atoms with van der Waals surface area (Å²) >= 11 is 0. The Morgan fingerprint density at radius 2 is 2.10 bits per heavy atom. The molecule has 1 aliphatic heterocycles. The maximum atomic E-state index is 9.20. The van der Waals surface area contributed by atoms with Gasteiger partial charge in [0, 0.05) is 12.1 Å². The van der Waals surface area contributed by atoms with Crippen molar-refractivity contribution in [3.8, 4) is 23.3 Å². The maximum Gasteiger partial charge on any atom is 0.231 e. The highest BCUT2D eigenvalue weighted by Crippen LogP contribution is 2.36. The molecule has 0 bridgehead atoms. The Kier molecular flexibility index (Phi) is 3.52. The third kappa shape index (κ3) is 2.43. The first-order valence-electron chi connectivity index (χ1n) is 6.52. The highest BCUT2D eigenvalue weighted by atomic mass is 16.7. The molecule has 0 unspecified atom stereocenters. The Morgan fingerprint density at radius 3 is 2.90 bits per heavy atom. The summed E-state index contributed by atoms with van der Waals surface area (Å²) in [4.78, 5) is 0. The summed E-state index contributed by atoms with van der Waals surface area (Å²) < 4.78 is 16.1. The van der Waals surface area contributed by atoms with Crippen LogP contribution in [0, 0.1) is 11.3 Å². The molecular weight excluding hydrogens is 268 g/mol. The summed E-state index contributed by atoms with van der Waals surface area (Å²) in [6.07, 6.45) is 0. The van der Waals surface area contributed by atoms with Gasteiger partial charge >= 0.3 is 0 Å². The van der Waals surface area contributed by atoms with Gasteiger partial charge in [-0.25, -0.2) is 0 Å². The predicted molar refractivity (Wildman–Crippen MR) is 77.6 cm³/mol. The fourth-order valence-electron chi connectivity index (χ4n) is 2.29. The van der Waals surface area contributed by atoms with Gasteiger partial charge < -0.3 is 19.5 Å². The SMILES string of the molecule is COc1cccc(C#N)c1NCc1cccc2c1OCO2. The first kappa shape index (κ1) is 13.1. The van der Waals surface area contributed by atoms with Crippen molar-refractivity contribution >= 4 is 5.69 Å². The van der Waals surface area contributed by atoms with Gasteiger partial charge in [0.25, 0.3) is 0 Å². The number of methoxy groups -OCH3 is 1. The maximum absolute atomic E-state index is 9.20. The Hall–Kier alpha value is -2.87. The molecule has 0 atom stereocenters. The van der Waals surface area contributed by atoms with Crippen molar-refractivity contribution in [2.24, 2.45) is 0 Å². The lowest BCUT2D eigenvalue weighted by molar-refractivity contribution is 0.173. The average molecular weight is 282 g/mol. The molecule has 21 heavy (non-hydrogen) atoms. The number of para-hydroxylation sites is 2. The first-order chi connectivity index (χ1) is 10.3. The number of hydrogen-bond donors (Lipinski definition) is 1. The number of anilines is 1. The van der Waals surface area contributed by atoms with Gasteiger partial charge in [0.15, 0.2) is 11.5 Å². The molecule has 2 aromatic carbocycles. The molecule has 1 aliphatic rings. The van der Waals surface area contributed by atoms with Crippen LogP contribution in [0.4, 0.5) is 5.69 Å². The molecular formula is C16H14N2O3. The molecule has 0 aliphatic carbocycles. The van der Waals surface area contributed by atoms with Gasteiger partial charge in [0.05, 0.1) is 18.4 Å². The zero-order chi connectivity index (χ0) is 14.7. The van der Waals surface area contributed by atoms with Gasteiger partial charge in [-0.15, -0.1) is 0 Å². The van der Waals surface area contributed by atoms with Gasteiger partial charge in [0.2, 0.25) is 6.79 Å². The van der Waals surface area contributed by atoms with Crippen molar-refractivity contribution < 1.29 is 14.2 Å². The zero-order valence-corrected chi connectivity index (χ0v) is 11.6. The topological polar surface area (TPSA) is 63.5 Å². The smallest absolute Gasteiger partial charge is 0.231 e. The van der Waals surface area contributed by atoms with Crippen molar-refractivity contribution in [3.05, 3.63) is 47.5 Å². The van der Waals surface area contributed by atoms with Crippen LogP contribution in [0.2, 0.25) is 0 Å². The molecule has 1 heterocycles. The standard InChI is InChI=1S/C16H14N2O3/c1-19-13-6-2-4-11(8-17)15(13)18-9-12-5-3-7-14-16(12)21-10-20-14/h2-7,18H,9-10H2,1H3. The van der Waals surface area contributed by atoms with E-state index < -0.39 is 0 Å². The van der Waals surface area contributed by atoms with Crippen LogP contribution in [0.3, 0.4) is 0 Å². The Balaban J connectivity index is 1.86. The van der Waals surface area contributed by atoms with E-state index in [1.165, 1.54) is 0 Å². The molecule has 1 N–H and O–H groups in total. The van der Waals surface area contributed by atoms with Crippen molar-refractivity contribution in [1.29, 1.82) is 5.26 Å². The molecule has 3 rings (SSSR count). The molecule has 5 nitrogen and oxygen atoms in total. The minimum Gasteiger partial charge on any atom is -0.495 e. The van der Waals surface area contributed by atoms with E-state index in [1.807, 2.05) is 24.3 Å². The highest BCUT2D eigenvalue weighted by Gasteiger charge is 2.17. The van der Waals surface area contributed by atoms with Crippen LogP contribution >= 0.6 is 0 Å². The van der Waals surface area contributed by atoms with E-state index in [9.17, 15) is 5.26 Å². The quantitative estimate of drug-likeness (QED) is 0.934. The molecule has 0 saturated carbocycles. The largest absolute Gasteiger partial charge is 0.495 e. The van der Waals surface area contributed by atoms with Crippen LogP contribution < -0.4 is 19.5 Å². The second-order valence-corrected chi connectivity index (χ2v) is 4.50. The molecule has 2 aromatic rings. The molecule has 0 saturated heterocycles. The summed E-state index contributed by atoms with van der Waals surface area (Å²) in [6.45, 7) is 0.756. The lowest BCUT2D eigenvalue weighted by atomic mass is 10.1. The van der Waals surface area contributed by atoms with Crippen molar-refractivity contribution in [3.63, 3.8) is 0 Å². The van der Waals surface area contributed by atoms with E-state index in [-0.39, 0.29) is 6.79 Å². The number of fused-ring (bicyclic) bond motifs is 1. The summed E-state index contributed by atoms with van der Waals surface area (Å²) in [6, 6.07) is 13.3. The minimum atomic E-state index is 0.241. The van der Waals surface area contributed by atoms with Crippen molar-refractivity contribution in [2.45, 2.75) is 6.54 Å². The fourth-order valence-corrected chi connectivity index (χ4v) is 2.29. The second kappa shape index (κ2) is 5.63. The number of ether oxygens (including phenoxy) is 3. The molecule has 5 heteroatoms. The number of nitriles is 1. The second-order valence-electron chi connectivity index (χ2n) is 4.50. The fraction of sp³-hybridized carbons (Fsp3) is 0.188. The summed E-state index contributed by atoms with van der Waals surface area (Å²) in [7, 11) is 1.58. The van der Waals surface area contributed by atoms with Crippen LogP contribution in [0.1, 0.15) is 11.1 Å². The molecule has 106 valence electrons. The Labute approximate surface area is 122 Å². The van der Waals surface area contributed by atoms with Crippen LogP contribution in [-0.4, -0.2) is 13.9 Å². The van der Waals surface area contributed by atoms with Gasteiger partial charge in [-0.1, -0.05) is 18.2 Å². The van der Waals surface area contributed by atoms with E-state index in [4.69, 9.17) is 14.2 Å². The molecule has 0 spiro atoms. The Bertz CT molecular complexity index is 707. The van der Waals surface area contributed by atoms with Crippen molar-refractivity contribution in [2.75, 3.05) is 19.2 Å². The number of nitrogens with one attached hydrogen (secondary N) is 1. The summed E-state index contributed by atoms with van der Waals surface area (Å²) in [5.41, 5.74) is 2.19. The molecule has 0 fully saturated rings. The minimum absolute atomic E-state index is 0.241.